The van der Waals surface area contributed by atoms with Crippen LogP contribution in [0.25, 0.3) is 5.52 Å². The Bertz CT molecular complexity index is 1660. The predicted octanol–water partition coefficient (Wildman–Crippen LogP) is 3.83. The van der Waals surface area contributed by atoms with Crippen LogP contribution in [0.3, 0.4) is 0 Å². The molecule has 0 spiro atoms. The molecule has 4 aromatic rings. The van der Waals surface area contributed by atoms with E-state index in [1.807, 2.05) is 66.9 Å². The summed E-state index contributed by atoms with van der Waals surface area (Å²) in [4.78, 5) is 32.3. The molecule has 13 nitrogen and oxygen atoms in total. The van der Waals surface area contributed by atoms with Gasteiger partial charge in [-0.2, -0.15) is 5.10 Å². The van der Waals surface area contributed by atoms with Gasteiger partial charge in [0.25, 0.3) is 0 Å². The number of nitrogens with zero attached hydrogens (tertiary/aromatic N) is 5. The van der Waals surface area contributed by atoms with Crippen LogP contribution < -0.4 is 15.4 Å². The summed E-state index contributed by atoms with van der Waals surface area (Å²) < 4.78 is 32.7. The Kier molecular flexibility index (Phi) is 9.81. The number of benzene rings is 2. The quantitative estimate of drug-likeness (QED) is 0.255. The molecule has 43 heavy (non-hydrogen) atoms. The maximum Gasteiger partial charge on any atom is 0.407 e. The minimum Gasteiger partial charge on any atom is -0.497 e. The number of amides is 2. The van der Waals surface area contributed by atoms with E-state index in [9.17, 15) is 13.8 Å². The highest BCUT2D eigenvalue weighted by Crippen LogP contribution is 2.28. The maximum absolute atomic E-state index is 13.1. The number of alkyl carbamates (subject to hydrolysis) is 1. The minimum absolute atomic E-state index is 0.0954. The van der Waals surface area contributed by atoms with E-state index in [-0.39, 0.29) is 13.2 Å². The highest BCUT2D eigenvalue weighted by molar-refractivity contribution is 7.70. The number of rotatable bonds is 10. The van der Waals surface area contributed by atoms with Gasteiger partial charge in [-0.1, -0.05) is 47.3 Å². The molecule has 2 aromatic heterocycles. The van der Waals surface area contributed by atoms with E-state index in [2.05, 4.69) is 34.2 Å². The fraction of sp³-hybridized carbons (Fsp3) is 0.310. The van der Waals surface area contributed by atoms with Gasteiger partial charge in [-0.3, -0.25) is 9.69 Å². The lowest BCUT2D eigenvalue weighted by Gasteiger charge is -2.37. The van der Waals surface area contributed by atoms with Gasteiger partial charge >= 0.3 is 6.09 Å². The second kappa shape index (κ2) is 14.1. The Morgan fingerprint density at radius 3 is 2.74 bits per heavy atom. The van der Waals surface area contributed by atoms with Crippen molar-refractivity contribution in [3.63, 3.8) is 0 Å². The molecule has 2 N–H and O–H groups in total. The molecule has 226 valence electrons. The Labute approximate surface area is 250 Å². The average molecular weight is 607 g/mol. The number of carbonyl (C=O) groups is 2. The number of anilines is 2. The Morgan fingerprint density at radius 1 is 1.12 bits per heavy atom. The van der Waals surface area contributed by atoms with Crippen molar-refractivity contribution in [1.29, 1.82) is 0 Å². The van der Waals surface area contributed by atoms with E-state index in [4.69, 9.17) is 9.47 Å². The van der Waals surface area contributed by atoms with Gasteiger partial charge in [0.2, 0.25) is 5.91 Å². The molecule has 1 saturated heterocycles. The zero-order valence-electron chi connectivity index (χ0n) is 23.7. The number of likely N-dealkylation sites (tertiary alicyclic amines) is 1. The number of ether oxygens (including phenoxy) is 2. The van der Waals surface area contributed by atoms with Gasteiger partial charge in [-0.05, 0) is 35.7 Å². The highest BCUT2D eigenvalue weighted by atomic mass is 32.2. The normalized spacial score (nSPS) is 17.8. The van der Waals surface area contributed by atoms with Gasteiger partial charge in [-0.25, -0.2) is 14.3 Å². The van der Waals surface area contributed by atoms with Crippen molar-refractivity contribution < 1.29 is 27.5 Å². The maximum atomic E-state index is 13.1. The van der Waals surface area contributed by atoms with Gasteiger partial charge < -0.3 is 32.9 Å². The van der Waals surface area contributed by atoms with E-state index < -0.39 is 34.8 Å². The van der Waals surface area contributed by atoms with Gasteiger partial charge in [0.1, 0.15) is 24.2 Å². The fourth-order valence-electron chi connectivity index (χ4n) is 5.00. The molecule has 14 heteroatoms. The fourth-order valence-corrected chi connectivity index (χ4v) is 5.35. The number of hydrogen-bond donors (Lipinski definition) is 2. The summed E-state index contributed by atoms with van der Waals surface area (Å²) >= 11 is 0. The van der Waals surface area contributed by atoms with Crippen LogP contribution in [0.4, 0.5) is 16.3 Å². The molecule has 5 rings (SSSR count). The van der Waals surface area contributed by atoms with Crippen LogP contribution >= 0.6 is 0 Å². The molecular formula is C29H32N7O6S-. The second-order valence-corrected chi connectivity index (χ2v) is 10.8. The number of fused-ring (bicyclic) bond motifs is 1. The van der Waals surface area contributed by atoms with Crippen LogP contribution in [0.5, 0.6) is 5.75 Å². The van der Waals surface area contributed by atoms with Crippen LogP contribution in [0.1, 0.15) is 17.5 Å². The zero-order chi connectivity index (χ0) is 30.2. The summed E-state index contributed by atoms with van der Waals surface area (Å²) in [6.07, 6.45) is 3.12. The number of nitrogens with one attached hydrogen (secondary N) is 2. The van der Waals surface area contributed by atoms with Gasteiger partial charge in [0.05, 0.1) is 13.0 Å². The van der Waals surface area contributed by atoms with Crippen molar-refractivity contribution in [2.45, 2.75) is 25.6 Å². The number of carbonyl (C=O) groups excluding carboxylic acids is 2. The number of aromatic nitrogens is 3. The summed E-state index contributed by atoms with van der Waals surface area (Å²) in [5.74, 6) is -0.0685. The van der Waals surface area contributed by atoms with E-state index >= 15 is 0 Å². The first-order valence-electron chi connectivity index (χ1n) is 13.6. The molecule has 2 aromatic carbocycles. The van der Waals surface area contributed by atoms with Crippen LogP contribution in [0.2, 0.25) is 0 Å². The van der Waals surface area contributed by atoms with Gasteiger partial charge in [0, 0.05) is 50.7 Å². The molecule has 1 aliphatic heterocycles. The summed E-state index contributed by atoms with van der Waals surface area (Å²) in [5, 5.41) is 10.5. The first-order chi connectivity index (χ1) is 20.9. The summed E-state index contributed by atoms with van der Waals surface area (Å²) in [6, 6.07) is 18.2. The standard InChI is InChI=1S/C29H32N7O6S/c1-40-23-10-6-9-22(15-23)32-27-26-21(11-14-36(26)31-19-30-27)16-35-13-12-25(24(17-35)28(37)34-43(39)41-2)33-29(38)42-18-20-7-4-3-5-8-20/h3-11,14-15,19,24-25H,12-13,16-18H2,1-2H3,(H,33,38)(H,30,31,32)/q-1/t24-,25+/m0/s1. The van der Waals surface area contributed by atoms with Crippen molar-refractivity contribution >= 4 is 39.9 Å². The van der Waals surface area contributed by atoms with Crippen molar-refractivity contribution in [1.82, 2.24) is 24.8 Å². The molecule has 2 amide bonds. The highest BCUT2D eigenvalue weighted by Gasteiger charge is 2.35. The molecule has 0 saturated carbocycles. The third kappa shape index (κ3) is 7.66. The summed E-state index contributed by atoms with van der Waals surface area (Å²) in [6.45, 7) is 1.40. The first-order valence-corrected chi connectivity index (χ1v) is 14.6. The zero-order valence-corrected chi connectivity index (χ0v) is 24.5. The van der Waals surface area contributed by atoms with E-state index in [0.717, 1.165) is 22.3 Å². The molecule has 0 bridgehead atoms. The lowest BCUT2D eigenvalue weighted by molar-refractivity contribution is -0.124. The van der Waals surface area contributed by atoms with Crippen molar-refractivity contribution in [2.24, 2.45) is 10.3 Å². The lowest BCUT2D eigenvalue weighted by atomic mass is 9.91. The lowest BCUT2D eigenvalue weighted by Crippen LogP contribution is -2.53. The summed E-state index contributed by atoms with van der Waals surface area (Å²) in [5.41, 5.74) is 3.36. The Balaban J connectivity index is 1.32. The number of methoxy groups -OCH3 is 1. The summed E-state index contributed by atoms with van der Waals surface area (Å²) in [7, 11) is 0.686. The monoisotopic (exact) mass is 606 g/mol. The van der Waals surface area contributed by atoms with Crippen molar-refractivity contribution in [3.8, 4) is 5.75 Å². The smallest absolute Gasteiger partial charge is 0.407 e. The molecule has 0 unspecified atom stereocenters. The molecule has 2 atom stereocenters. The molecule has 3 heterocycles. The molecule has 1 fully saturated rings. The van der Waals surface area contributed by atoms with Crippen LogP contribution in [0, 0.1) is 5.92 Å². The van der Waals surface area contributed by atoms with Gasteiger partial charge in [0.15, 0.2) is 5.82 Å². The van der Waals surface area contributed by atoms with Gasteiger partial charge in [-0.15, -0.1) is 0 Å². The van der Waals surface area contributed by atoms with E-state index in [0.29, 0.717) is 31.1 Å². The van der Waals surface area contributed by atoms with Crippen LogP contribution in [-0.4, -0.2) is 64.8 Å². The van der Waals surface area contributed by atoms with Crippen LogP contribution in [-0.2, 0) is 42.0 Å². The SMILES string of the molecule is COc1cccc(Nc2ncnn3ccc(CN4CC[C@@H](NC(=O)OCc5ccccc5)[C@@H](C(=O)N=[S-](=O)OC)C4)c23)c1. The van der Waals surface area contributed by atoms with Crippen molar-refractivity contribution in [3.05, 3.63) is 84.3 Å². The average Bonchev–Trinajstić information content (AvgIpc) is 3.44. The third-order valence-electron chi connectivity index (χ3n) is 7.10. The molecule has 0 radical (unpaired) electrons. The number of hydrogen-bond acceptors (Lipinski definition) is 11. The van der Waals surface area contributed by atoms with E-state index in [1.165, 1.54) is 13.4 Å². The predicted molar refractivity (Wildman–Crippen MR) is 159 cm³/mol. The molecule has 1 aliphatic rings. The largest absolute Gasteiger partial charge is 0.497 e. The Hall–Kier alpha value is -4.53. The third-order valence-corrected chi connectivity index (χ3v) is 7.72. The first kappa shape index (κ1) is 29.9. The molecule has 0 aliphatic carbocycles. The Morgan fingerprint density at radius 2 is 1.95 bits per heavy atom. The van der Waals surface area contributed by atoms with Crippen molar-refractivity contribution in [2.75, 3.05) is 32.6 Å². The molecular weight excluding hydrogens is 574 g/mol. The minimum atomic E-state index is -2.13. The number of piperidine rings is 1. The van der Waals surface area contributed by atoms with E-state index in [1.54, 1.807) is 11.6 Å². The topological polar surface area (TPSA) is 149 Å². The second-order valence-electron chi connectivity index (χ2n) is 9.86. The van der Waals surface area contributed by atoms with Crippen LogP contribution in [0.15, 0.2) is 77.6 Å².